The summed E-state index contributed by atoms with van der Waals surface area (Å²) in [4.78, 5) is 13.8. The van der Waals surface area contributed by atoms with E-state index in [1.165, 1.54) is 11.1 Å². The van der Waals surface area contributed by atoms with E-state index in [1.54, 1.807) is 4.90 Å². The smallest absolute Gasteiger partial charge is 0.226 e. The van der Waals surface area contributed by atoms with Crippen molar-refractivity contribution in [1.82, 2.24) is 4.90 Å². The lowest BCUT2D eigenvalue weighted by atomic mass is 10.0. The van der Waals surface area contributed by atoms with E-state index >= 15 is 0 Å². The molecule has 3 nitrogen and oxygen atoms in total. The molecule has 0 saturated heterocycles. The molecule has 0 bridgehead atoms. The van der Waals surface area contributed by atoms with Crippen LogP contribution < -0.4 is 5.73 Å². The molecule has 1 aromatic rings. The van der Waals surface area contributed by atoms with E-state index in [0.717, 1.165) is 6.42 Å². The molecule has 18 heavy (non-hydrogen) atoms. The molecule has 2 N–H and O–H groups in total. The van der Waals surface area contributed by atoms with Gasteiger partial charge in [0.2, 0.25) is 5.91 Å². The van der Waals surface area contributed by atoms with Crippen molar-refractivity contribution in [2.45, 2.75) is 40.2 Å². The first-order valence-corrected chi connectivity index (χ1v) is 6.52. The summed E-state index contributed by atoms with van der Waals surface area (Å²) in [5, 5.41) is 0. The Labute approximate surface area is 110 Å². The fraction of sp³-hybridized carbons (Fsp3) is 0.533. The molecule has 0 aliphatic heterocycles. The van der Waals surface area contributed by atoms with E-state index in [2.05, 4.69) is 26.0 Å². The van der Waals surface area contributed by atoms with Crippen LogP contribution in [0.1, 0.15) is 31.9 Å². The monoisotopic (exact) mass is 248 g/mol. The van der Waals surface area contributed by atoms with Crippen molar-refractivity contribution < 1.29 is 4.79 Å². The van der Waals surface area contributed by atoms with E-state index in [4.69, 9.17) is 5.73 Å². The van der Waals surface area contributed by atoms with Gasteiger partial charge in [0.05, 0.1) is 6.67 Å². The van der Waals surface area contributed by atoms with Gasteiger partial charge in [0.15, 0.2) is 0 Å². The van der Waals surface area contributed by atoms with Crippen LogP contribution in [0.15, 0.2) is 24.3 Å². The maximum atomic E-state index is 12.0. The highest BCUT2D eigenvalue weighted by Crippen LogP contribution is 2.14. The van der Waals surface area contributed by atoms with Gasteiger partial charge < -0.3 is 10.6 Å². The molecule has 0 spiro atoms. The second kappa shape index (κ2) is 6.55. The Hall–Kier alpha value is -1.35. The van der Waals surface area contributed by atoms with Gasteiger partial charge in [-0.05, 0) is 31.4 Å². The number of nitrogens with zero attached hydrogens (tertiary/aromatic N) is 1. The number of amides is 1. The molecule has 1 unspecified atom stereocenters. The molecular weight excluding hydrogens is 224 g/mol. The van der Waals surface area contributed by atoms with Crippen LogP contribution in [0.5, 0.6) is 0 Å². The van der Waals surface area contributed by atoms with Gasteiger partial charge in [-0.15, -0.1) is 0 Å². The molecule has 0 aliphatic rings. The fourth-order valence-corrected chi connectivity index (χ4v) is 2.09. The molecular formula is C15H24N2O. The maximum Gasteiger partial charge on any atom is 0.226 e. The van der Waals surface area contributed by atoms with Crippen LogP contribution in [0.4, 0.5) is 0 Å². The molecule has 0 radical (unpaired) electrons. The zero-order valence-electron chi connectivity index (χ0n) is 11.8. The minimum atomic E-state index is -0.00660. The van der Waals surface area contributed by atoms with E-state index in [0.29, 0.717) is 0 Å². The summed E-state index contributed by atoms with van der Waals surface area (Å²) in [5.41, 5.74) is 8.25. The van der Waals surface area contributed by atoms with Crippen molar-refractivity contribution in [3.8, 4) is 0 Å². The van der Waals surface area contributed by atoms with Gasteiger partial charge in [0, 0.05) is 12.0 Å². The van der Waals surface area contributed by atoms with Crippen LogP contribution in [-0.4, -0.2) is 23.5 Å². The molecule has 0 heterocycles. The molecule has 0 saturated carbocycles. The van der Waals surface area contributed by atoms with E-state index in [9.17, 15) is 4.79 Å². The van der Waals surface area contributed by atoms with Crippen LogP contribution in [0.25, 0.3) is 0 Å². The standard InChI is InChI=1S/C15H24N2O/c1-11(2)15(18)17(10-16)13(4)9-14-8-6-5-7-12(14)3/h5-8,11,13H,9-10,16H2,1-4H3. The van der Waals surface area contributed by atoms with Gasteiger partial charge in [-0.1, -0.05) is 38.1 Å². The van der Waals surface area contributed by atoms with Gasteiger partial charge in [-0.3, -0.25) is 4.79 Å². The van der Waals surface area contributed by atoms with Gasteiger partial charge in [0.1, 0.15) is 0 Å². The Bertz CT molecular complexity index is 401. The Morgan fingerprint density at radius 3 is 2.39 bits per heavy atom. The number of nitrogens with two attached hydrogens (primary N) is 1. The largest absolute Gasteiger partial charge is 0.327 e. The number of carbonyl (C=O) groups excluding carboxylic acids is 1. The Morgan fingerprint density at radius 1 is 1.28 bits per heavy atom. The summed E-state index contributed by atoms with van der Waals surface area (Å²) in [7, 11) is 0. The van der Waals surface area contributed by atoms with E-state index in [-0.39, 0.29) is 24.5 Å². The van der Waals surface area contributed by atoms with Crippen molar-refractivity contribution in [3.05, 3.63) is 35.4 Å². The summed E-state index contributed by atoms with van der Waals surface area (Å²) < 4.78 is 0. The van der Waals surface area contributed by atoms with Crippen molar-refractivity contribution >= 4 is 5.91 Å². The third-order valence-corrected chi connectivity index (χ3v) is 3.28. The third-order valence-electron chi connectivity index (χ3n) is 3.28. The van der Waals surface area contributed by atoms with Crippen molar-refractivity contribution in [1.29, 1.82) is 0 Å². The first kappa shape index (κ1) is 14.7. The average molecular weight is 248 g/mol. The van der Waals surface area contributed by atoms with Crippen LogP contribution >= 0.6 is 0 Å². The van der Waals surface area contributed by atoms with Crippen LogP contribution in [0, 0.1) is 12.8 Å². The molecule has 0 fully saturated rings. The second-order valence-corrected chi connectivity index (χ2v) is 5.12. The second-order valence-electron chi connectivity index (χ2n) is 5.12. The molecule has 0 aromatic heterocycles. The highest BCUT2D eigenvalue weighted by atomic mass is 16.2. The SMILES string of the molecule is Cc1ccccc1CC(C)N(CN)C(=O)C(C)C. The van der Waals surface area contributed by atoms with Crippen LogP contribution in [0.3, 0.4) is 0 Å². The zero-order valence-corrected chi connectivity index (χ0v) is 11.8. The molecule has 1 rings (SSSR count). The highest BCUT2D eigenvalue weighted by molar-refractivity contribution is 5.78. The first-order chi connectivity index (χ1) is 8.47. The Kier molecular flexibility index (Phi) is 5.35. The van der Waals surface area contributed by atoms with Gasteiger partial charge >= 0.3 is 0 Å². The quantitative estimate of drug-likeness (QED) is 0.813. The van der Waals surface area contributed by atoms with Crippen LogP contribution in [0.2, 0.25) is 0 Å². The number of hydrogen-bond donors (Lipinski definition) is 1. The van der Waals surface area contributed by atoms with Crippen molar-refractivity contribution in [2.24, 2.45) is 11.7 Å². The molecule has 1 atom stereocenters. The molecule has 1 amide bonds. The average Bonchev–Trinajstić information content (AvgIpc) is 2.32. The zero-order chi connectivity index (χ0) is 13.7. The predicted molar refractivity (Wildman–Crippen MR) is 75.1 cm³/mol. The molecule has 0 aliphatic carbocycles. The minimum Gasteiger partial charge on any atom is -0.327 e. The van der Waals surface area contributed by atoms with Gasteiger partial charge in [-0.2, -0.15) is 0 Å². The summed E-state index contributed by atoms with van der Waals surface area (Å²) in [6.45, 7) is 8.25. The van der Waals surface area contributed by atoms with E-state index < -0.39 is 0 Å². The Morgan fingerprint density at radius 2 is 1.89 bits per heavy atom. The summed E-state index contributed by atoms with van der Waals surface area (Å²) in [5.74, 6) is 0.117. The summed E-state index contributed by atoms with van der Waals surface area (Å²) >= 11 is 0. The van der Waals surface area contributed by atoms with Gasteiger partial charge in [0.25, 0.3) is 0 Å². The first-order valence-electron chi connectivity index (χ1n) is 6.52. The number of hydrogen-bond acceptors (Lipinski definition) is 2. The lowest BCUT2D eigenvalue weighted by molar-refractivity contribution is -0.136. The summed E-state index contributed by atoms with van der Waals surface area (Å²) in [6, 6.07) is 8.40. The minimum absolute atomic E-state index is 0.00660. The summed E-state index contributed by atoms with van der Waals surface area (Å²) in [6.07, 6.45) is 0.850. The normalized spacial score (nSPS) is 12.6. The van der Waals surface area contributed by atoms with Gasteiger partial charge in [-0.25, -0.2) is 0 Å². The number of carbonyl (C=O) groups is 1. The number of aryl methyl sites for hydroxylation is 1. The lowest BCUT2D eigenvalue weighted by Crippen LogP contribution is -2.45. The maximum absolute atomic E-state index is 12.0. The van der Waals surface area contributed by atoms with Crippen LogP contribution in [-0.2, 0) is 11.2 Å². The van der Waals surface area contributed by atoms with Crippen molar-refractivity contribution in [3.63, 3.8) is 0 Å². The highest BCUT2D eigenvalue weighted by Gasteiger charge is 2.21. The predicted octanol–water partition coefficient (Wildman–Crippen LogP) is 2.33. The van der Waals surface area contributed by atoms with E-state index in [1.807, 2.05) is 26.0 Å². The number of benzene rings is 1. The lowest BCUT2D eigenvalue weighted by Gasteiger charge is -2.29. The number of rotatable bonds is 5. The topological polar surface area (TPSA) is 46.3 Å². The molecule has 100 valence electrons. The molecule has 1 aromatic carbocycles. The third kappa shape index (κ3) is 3.57. The fourth-order valence-electron chi connectivity index (χ4n) is 2.09. The van der Waals surface area contributed by atoms with Crippen molar-refractivity contribution in [2.75, 3.05) is 6.67 Å². The molecule has 3 heteroatoms. The Balaban J connectivity index is 2.77.